The number of nitrogens with zero attached hydrogens (tertiary/aromatic N) is 1. The molecule has 128 valence electrons. The van der Waals surface area contributed by atoms with E-state index in [0.717, 1.165) is 11.1 Å². The van der Waals surface area contributed by atoms with Crippen molar-refractivity contribution in [3.8, 4) is 16.9 Å². The van der Waals surface area contributed by atoms with E-state index in [1.54, 1.807) is 30.5 Å². The molecule has 1 aliphatic heterocycles. The highest BCUT2D eigenvalue weighted by Crippen LogP contribution is 2.28. The molecule has 0 saturated carbocycles. The van der Waals surface area contributed by atoms with Crippen LogP contribution < -0.4 is 15.4 Å². The van der Waals surface area contributed by atoms with Gasteiger partial charge in [0.05, 0.1) is 5.69 Å². The van der Waals surface area contributed by atoms with Crippen molar-refractivity contribution in [2.24, 2.45) is 0 Å². The lowest BCUT2D eigenvalue weighted by atomic mass is 10.1. The molecule has 0 aliphatic carbocycles. The molecule has 0 radical (unpaired) electrons. The molecule has 0 spiro atoms. The van der Waals surface area contributed by atoms with Gasteiger partial charge in [0.1, 0.15) is 11.6 Å². The predicted octanol–water partition coefficient (Wildman–Crippen LogP) is 3.33. The fourth-order valence-electron chi connectivity index (χ4n) is 2.67. The minimum Gasteiger partial charge on any atom is -0.482 e. The molecule has 4 rings (SSSR count). The first-order chi connectivity index (χ1) is 12.7. The maximum absolute atomic E-state index is 12.4. The lowest BCUT2D eigenvalue weighted by Crippen LogP contribution is -2.25. The summed E-state index contributed by atoms with van der Waals surface area (Å²) in [6.07, 6.45) is 1.72. The van der Waals surface area contributed by atoms with Crippen molar-refractivity contribution >= 4 is 23.3 Å². The van der Waals surface area contributed by atoms with Gasteiger partial charge in [-0.15, -0.1) is 0 Å². The number of carbonyl (C=O) groups excluding carboxylic acids is 2. The zero-order chi connectivity index (χ0) is 17.9. The van der Waals surface area contributed by atoms with Crippen molar-refractivity contribution in [1.82, 2.24) is 4.98 Å². The van der Waals surface area contributed by atoms with E-state index in [9.17, 15) is 9.59 Å². The fourth-order valence-corrected chi connectivity index (χ4v) is 2.67. The second-order valence-corrected chi connectivity index (χ2v) is 5.80. The quantitative estimate of drug-likeness (QED) is 0.763. The van der Waals surface area contributed by atoms with Crippen LogP contribution in [-0.4, -0.2) is 23.4 Å². The Labute approximate surface area is 149 Å². The molecule has 3 aromatic rings. The Kier molecular flexibility index (Phi) is 4.07. The zero-order valence-electron chi connectivity index (χ0n) is 13.7. The van der Waals surface area contributed by atoms with Crippen molar-refractivity contribution in [2.45, 2.75) is 0 Å². The minimum absolute atomic E-state index is 0.0550. The molecule has 26 heavy (non-hydrogen) atoms. The number of amides is 2. The molecule has 0 bridgehead atoms. The average molecular weight is 345 g/mol. The standard InChI is InChI=1S/C20H15N3O3/c24-19-12-26-17-10-14(6-8-16(17)22-19)20(25)23-18-9-7-15(11-21-18)13-4-2-1-3-5-13/h1-11H,12H2,(H,22,24)(H,21,23,25). The van der Waals surface area contributed by atoms with Gasteiger partial charge in [0.15, 0.2) is 6.61 Å². The molecule has 2 aromatic carbocycles. The number of pyridine rings is 1. The summed E-state index contributed by atoms with van der Waals surface area (Å²) >= 11 is 0. The summed E-state index contributed by atoms with van der Waals surface area (Å²) in [5, 5.41) is 5.45. The summed E-state index contributed by atoms with van der Waals surface area (Å²) in [6, 6.07) is 18.4. The van der Waals surface area contributed by atoms with E-state index in [0.29, 0.717) is 22.8 Å². The van der Waals surface area contributed by atoms with Crippen LogP contribution in [0.3, 0.4) is 0 Å². The molecule has 2 amide bonds. The molecule has 0 fully saturated rings. The number of rotatable bonds is 3. The summed E-state index contributed by atoms with van der Waals surface area (Å²) in [4.78, 5) is 28.0. The normalized spacial score (nSPS) is 12.5. The van der Waals surface area contributed by atoms with Crippen LogP contribution >= 0.6 is 0 Å². The Morgan fingerprint density at radius 1 is 1.04 bits per heavy atom. The van der Waals surface area contributed by atoms with Crippen LogP contribution in [0.15, 0.2) is 66.9 Å². The van der Waals surface area contributed by atoms with Gasteiger partial charge < -0.3 is 15.4 Å². The number of ether oxygens (including phenoxy) is 1. The topological polar surface area (TPSA) is 80.3 Å². The largest absolute Gasteiger partial charge is 0.482 e. The third kappa shape index (κ3) is 3.25. The Hall–Kier alpha value is -3.67. The van der Waals surface area contributed by atoms with E-state index in [1.807, 2.05) is 36.4 Å². The van der Waals surface area contributed by atoms with Crippen LogP contribution in [0.4, 0.5) is 11.5 Å². The van der Waals surface area contributed by atoms with Crippen LogP contribution in [0, 0.1) is 0 Å². The highest BCUT2D eigenvalue weighted by atomic mass is 16.5. The number of fused-ring (bicyclic) bond motifs is 1. The second kappa shape index (κ2) is 6.68. The van der Waals surface area contributed by atoms with E-state index < -0.39 is 0 Å². The highest BCUT2D eigenvalue weighted by Gasteiger charge is 2.18. The van der Waals surface area contributed by atoms with Crippen molar-refractivity contribution in [2.75, 3.05) is 17.2 Å². The van der Waals surface area contributed by atoms with Gasteiger partial charge in [0.25, 0.3) is 11.8 Å². The van der Waals surface area contributed by atoms with Crippen molar-refractivity contribution in [1.29, 1.82) is 0 Å². The molecular formula is C20H15N3O3. The SMILES string of the molecule is O=C1COc2cc(C(=O)Nc3ccc(-c4ccccc4)cn3)ccc2N1. The summed E-state index contributed by atoms with van der Waals surface area (Å²) in [5.41, 5.74) is 3.02. The first-order valence-corrected chi connectivity index (χ1v) is 8.08. The van der Waals surface area contributed by atoms with Gasteiger partial charge in [-0.05, 0) is 35.9 Å². The predicted molar refractivity (Wildman–Crippen MR) is 98.2 cm³/mol. The highest BCUT2D eigenvalue weighted by molar-refractivity contribution is 6.05. The molecule has 0 atom stereocenters. The van der Waals surface area contributed by atoms with Crippen LogP contribution in [0.5, 0.6) is 5.75 Å². The molecule has 0 saturated heterocycles. The smallest absolute Gasteiger partial charge is 0.262 e. The Morgan fingerprint density at radius 3 is 2.65 bits per heavy atom. The lowest BCUT2D eigenvalue weighted by Gasteiger charge is -2.18. The van der Waals surface area contributed by atoms with Crippen LogP contribution in [0.2, 0.25) is 0 Å². The summed E-state index contributed by atoms with van der Waals surface area (Å²) < 4.78 is 5.33. The Bertz CT molecular complexity index is 969. The number of carbonyl (C=O) groups is 2. The third-order valence-electron chi connectivity index (χ3n) is 3.99. The maximum atomic E-state index is 12.4. The first-order valence-electron chi connectivity index (χ1n) is 8.08. The van der Waals surface area contributed by atoms with Gasteiger partial charge in [0.2, 0.25) is 0 Å². The molecule has 6 heteroatoms. The molecule has 0 unspecified atom stereocenters. The molecular weight excluding hydrogens is 330 g/mol. The first kappa shape index (κ1) is 15.8. The third-order valence-corrected chi connectivity index (χ3v) is 3.99. The number of nitrogens with one attached hydrogen (secondary N) is 2. The van der Waals surface area contributed by atoms with Crippen LogP contribution in [0.25, 0.3) is 11.1 Å². The summed E-state index contributed by atoms with van der Waals surface area (Å²) in [5.74, 6) is 0.428. The number of aromatic nitrogens is 1. The van der Waals surface area contributed by atoms with Gasteiger partial charge in [0, 0.05) is 17.3 Å². The molecule has 6 nitrogen and oxygen atoms in total. The number of benzene rings is 2. The number of anilines is 2. The van der Waals surface area contributed by atoms with E-state index in [4.69, 9.17) is 4.74 Å². The number of hydrogen-bond acceptors (Lipinski definition) is 4. The molecule has 2 heterocycles. The second-order valence-electron chi connectivity index (χ2n) is 5.80. The van der Waals surface area contributed by atoms with Gasteiger partial charge in [-0.2, -0.15) is 0 Å². The molecule has 1 aromatic heterocycles. The van der Waals surface area contributed by atoms with Crippen molar-refractivity contribution in [3.63, 3.8) is 0 Å². The maximum Gasteiger partial charge on any atom is 0.262 e. The van der Waals surface area contributed by atoms with Crippen LogP contribution in [0.1, 0.15) is 10.4 Å². The van der Waals surface area contributed by atoms with Gasteiger partial charge in [-0.25, -0.2) is 4.98 Å². The molecule has 1 aliphatic rings. The summed E-state index contributed by atoms with van der Waals surface area (Å²) in [7, 11) is 0. The Morgan fingerprint density at radius 2 is 1.88 bits per heavy atom. The van der Waals surface area contributed by atoms with Gasteiger partial charge >= 0.3 is 0 Å². The van der Waals surface area contributed by atoms with Gasteiger partial charge in [-0.1, -0.05) is 30.3 Å². The van der Waals surface area contributed by atoms with Crippen molar-refractivity contribution in [3.05, 3.63) is 72.4 Å². The van der Waals surface area contributed by atoms with E-state index in [-0.39, 0.29) is 18.4 Å². The van der Waals surface area contributed by atoms with E-state index in [1.165, 1.54) is 0 Å². The molecule has 2 N–H and O–H groups in total. The fraction of sp³-hybridized carbons (Fsp3) is 0.0500. The van der Waals surface area contributed by atoms with Crippen LogP contribution in [-0.2, 0) is 4.79 Å². The average Bonchev–Trinajstić information content (AvgIpc) is 2.69. The lowest BCUT2D eigenvalue weighted by molar-refractivity contribution is -0.118. The van der Waals surface area contributed by atoms with Gasteiger partial charge in [-0.3, -0.25) is 9.59 Å². The van der Waals surface area contributed by atoms with E-state index >= 15 is 0 Å². The Balaban J connectivity index is 1.49. The monoisotopic (exact) mass is 345 g/mol. The zero-order valence-corrected chi connectivity index (χ0v) is 13.7. The van der Waals surface area contributed by atoms with Crippen molar-refractivity contribution < 1.29 is 14.3 Å². The minimum atomic E-state index is -0.298. The summed E-state index contributed by atoms with van der Waals surface area (Å²) in [6.45, 7) is -0.0550. The number of hydrogen-bond donors (Lipinski definition) is 2. The van der Waals surface area contributed by atoms with E-state index in [2.05, 4.69) is 15.6 Å².